The van der Waals surface area contributed by atoms with Gasteiger partial charge in [0.2, 0.25) is 0 Å². The summed E-state index contributed by atoms with van der Waals surface area (Å²) in [5.41, 5.74) is -1.17. The van der Waals surface area contributed by atoms with Crippen LogP contribution in [-0.2, 0) is 16.0 Å². The zero-order valence-electron chi connectivity index (χ0n) is 9.64. The number of methoxy groups -OCH3 is 1. The van der Waals surface area contributed by atoms with Crippen LogP contribution < -0.4 is 4.74 Å². The third-order valence-electron chi connectivity index (χ3n) is 2.66. The van der Waals surface area contributed by atoms with E-state index in [1.54, 1.807) is 24.3 Å². The summed E-state index contributed by atoms with van der Waals surface area (Å²) < 4.78 is 4.96. The number of aliphatic carboxylic acids is 2. The first-order chi connectivity index (χ1) is 7.90. The van der Waals surface area contributed by atoms with Crippen molar-refractivity contribution in [3.63, 3.8) is 0 Å². The van der Waals surface area contributed by atoms with Crippen molar-refractivity contribution in [1.29, 1.82) is 0 Å². The molecule has 0 unspecified atom stereocenters. The molecule has 2 N–H and O–H groups in total. The van der Waals surface area contributed by atoms with Crippen molar-refractivity contribution >= 4 is 11.9 Å². The molecule has 92 valence electrons. The van der Waals surface area contributed by atoms with E-state index in [0.29, 0.717) is 11.3 Å². The zero-order valence-corrected chi connectivity index (χ0v) is 9.64. The first kappa shape index (κ1) is 13.0. The molecular weight excluding hydrogens is 224 g/mol. The predicted octanol–water partition coefficient (Wildman–Crippen LogP) is 1.41. The molecule has 0 bridgehead atoms. The SMILES string of the molecule is COc1ccc(CC(C)(C(=O)O)C(=O)O)cc1. The summed E-state index contributed by atoms with van der Waals surface area (Å²) in [4.78, 5) is 22.0. The first-order valence-electron chi connectivity index (χ1n) is 5.00. The Morgan fingerprint density at radius 2 is 1.65 bits per heavy atom. The van der Waals surface area contributed by atoms with Crippen molar-refractivity contribution in [3.8, 4) is 5.75 Å². The van der Waals surface area contributed by atoms with Gasteiger partial charge >= 0.3 is 11.9 Å². The van der Waals surface area contributed by atoms with E-state index in [4.69, 9.17) is 14.9 Å². The molecule has 0 spiro atoms. The topological polar surface area (TPSA) is 83.8 Å². The summed E-state index contributed by atoms with van der Waals surface area (Å²) in [5.74, 6) is -2.05. The number of ether oxygens (including phenoxy) is 1. The minimum atomic E-state index is -1.81. The molecule has 1 aromatic rings. The summed E-state index contributed by atoms with van der Waals surface area (Å²) >= 11 is 0. The number of rotatable bonds is 5. The molecular formula is C12H14O5. The van der Waals surface area contributed by atoms with Crippen molar-refractivity contribution in [2.75, 3.05) is 7.11 Å². The molecule has 5 heteroatoms. The smallest absolute Gasteiger partial charge is 0.321 e. The van der Waals surface area contributed by atoms with Gasteiger partial charge in [0.15, 0.2) is 5.41 Å². The van der Waals surface area contributed by atoms with Crippen molar-refractivity contribution in [2.24, 2.45) is 5.41 Å². The largest absolute Gasteiger partial charge is 0.497 e. The van der Waals surface area contributed by atoms with E-state index < -0.39 is 17.4 Å². The lowest BCUT2D eigenvalue weighted by Crippen LogP contribution is -2.38. The van der Waals surface area contributed by atoms with Crippen LogP contribution in [0.2, 0.25) is 0 Å². The predicted molar refractivity (Wildman–Crippen MR) is 60.1 cm³/mol. The summed E-state index contributed by atoms with van der Waals surface area (Å²) in [7, 11) is 1.52. The van der Waals surface area contributed by atoms with E-state index in [1.165, 1.54) is 14.0 Å². The number of carbonyl (C=O) groups is 2. The molecule has 0 aliphatic heterocycles. The number of carboxylic acid groups (broad SMARTS) is 2. The number of hydrogen-bond donors (Lipinski definition) is 2. The Hall–Kier alpha value is -2.04. The van der Waals surface area contributed by atoms with Crippen molar-refractivity contribution < 1.29 is 24.5 Å². The van der Waals surface area contributed by atoms with Gasteiger partial charge in [-0.25, -0.2) is 0 Å². The standard InChI is InChI=1S/C12H14O5/c1-12(10(13)14,11(15)16)7-8-3-5-9(17-2)6-4-8/h3-6H,7H2,1-2H3,(H,13,14)(H,15,16). The van der Waals surface area contributed by atoms with Crippen LogP contribution >= 0.6 is 0 Å². The van der Waals surface area contributed by atoms with Crippen molar-refractivity contribution in [2.45, 2.75) is 13.3 Å². The summed E-state index contributed by atoms with van der Waals surface area (Å²) in [6.07, 6.45) is -0.0678. The summed E-state index contributed by atoms with van der Waals surface area (Å²) in [6, 6.07) is 6.64. The molecule has 0 aromatic heterocycles. The fourth-order valence-electron chi connectivity index (χ4n) is 1.39. The lowest BCUT2D eigenvalue weighted by molar-refractivity contribution is -0.163. The van der Waals surface area contributed by atoms with Crippen LogP contribution in [0.1, 0.15) is 12.5 Å². The highest BCUT2D eigenvalue weighted by Crippen LogP contribution is 2.24. The van der Waals surface area contributed by atoms with Gasteiger partial charge in [-0.05, 0) is 31.0 Å². The van der Waals surface area contributed by atoms with Crippen LogP contribution in [0, 0.1) is 5.41 Å². The van der Waals surface area contributed by atoms with Crippen LogP contribution in [0.15, 0.2) is 24.3 Å². The zero-order chi connectivity index (χ0) is 13.1. The van der Waals surface area contributed by atoms with Crippen LogP contribution in [0.5, 0.6) is 5.75 Å². The van der Waals surface area contributed by atoms with Gasteiger partial charge in [0.1, 0.15) is 5.75 Å². The molecule has 0 heterocycles. The molecule has 0 aliphatic carbocycles. The third-order valence-corrected chi connectivity index (χ3v) is 2.66. The Bertz CT molecular complexity index is 407. The van der Waals surface area contributed by atoms with E-state index in [-0.39, 0.29) is 6.42 Å². The molecule has 0 fully saturated rings. The Balaban J connectivity index is 2.94. The number of hydrogen-bond acceptors (Lipinski definition) is 3. The average molecular weight is 238 g/mol. The maximum Gasteiger partial charge on any atom is 0.321 e. The Morgan fingerprint density at radius 1 is 1.18 bits per heavy atom. The molecule has 0 radical (unpaired) electrons. The summed E-state index contributed by atoms with van der Waals surface area (Å²) in [6.45, 7) is 1.20. The van der Waals surface area contributed by atoms with Crippen LogP contribution in [-0.4, -0.2) is 29.3 Å². The highest BCUT2D eigenvalue weighted by molar-refractivity contribution is 5.98. The Kier molecular flexibility index (Phi) is 3.73. The summed E-state index contributed by atoms with van der Waals surface area (Å²) in [5, 5.41) is 17.9. The number of carboxylic acids is 2. The molecule has 1 rings (SSSR count). The van der Waals surface area contributed by atoms with E-state index >= 15 is 0 Å². The molecule has 0 saturated carbocycles. The third kappa shape index (κ3) is 2.75. The van der Waals surface area contributed by atoms with E-state index in [2.05, 4.69) is 0 Å². The van der Waals surface area contributed by atoms with Crippen molar-refractivity contribution in [1.82, 2.24) is 0 Å². The van der Waals surface area contributed by atoms with E-state index in [1.807, 2.05) is 0 Å². The Morgan fingerprint density at radius 3 is 2.00 bits per heavy atom. The fraction of sp³-hybridized carbons (Fsp3) is 0.333. The number of benzene rings is 1. The minimum absolute atomic E-state index is 0.0678. The second-order valence-corrected chi connectivity index (χ2v) is 3.97. The van der Waals surface area contributed by atoms with Crippen LogP contribution in [0.25, 0.3) is 0 Å². The van der Waals surface area contributed by atoms with Gasteiger partial charge in [0.05, 0.1) is 7.11 Å². The monoisotopic (exact) mass is 238 g/mol. The van der Waals surface area contributed by atoms with Gasteiger partial charge in [-0.15, -0.1) is 0 Å². The van der Waals surface area contributed by atoms with Gasteiger partial charge in [0.25, 0.3) is 0 Å². The highest BCUT2D eigenvalue weighted by atomic mass is 16.5. The average Bonchev–Trinajstić information content (AvgIpc) is 2.29. The lowest BCUT2D eigenvalue weighted by atomic mass is 9.84. The van der Waals surface area contributed by atoms with Crippen LogP contribution in [0.3, 0.4) is 0 Å². The molecule has 0 aliphatic rings. The maximum absolute atomic E-state index is 11.0. The Labute approximate surface area is 98.6 Å². The molecule has 0 amide bonds. The van der Waals surface area contributed by atoms with E-state index in [9.17, 15) is 9.59 Å². The van der Waals surface area contributed by atoms with Gasteiger partial charge < -0.3 is 14.9 Å². The first-order valence-corrected chi connectivity index (χ1v) is 5.00. The minimum Gasteiger partial charge on any atom is -0.497 e. The normalized spacial score (nSPS) is 10.9. The quantitative estimate of drug-likeness (QED) is 0.758. The fourth-order valence-corrected chi connectivity index (χ4v) is 1.39. The lowest BCUT2D eigenvalue weighted by Gasteiger charge is -2.19. The highest BCUT2D eigenvalue weighted by Gasteiger charge is 2.41. The van der Waals surface area contributed by atoms with Gasteiger partial charge in [-0.3, -0.25) is 9.59 Å². The maximum atomic E-state index is 11.0. The van der Waals surface area contributed by atoms with Gasteiger partial charge in [-0.1, -0.05) is 12.1 Å². The van der Waals surface area contributed by atoms with Gasteiger partial charge in [0, 0.05) is 0 Å². The van der Waals surface area contributed by atoms with Crippen molar-refractivity contribution in [3.05, 3.63) is 29.8 Å². The van der Waals surface area contributed by atoms with Crippen LogP contribution in [0.4, 0.5) is 0 Å². The molecule has 5 nitrogen and oxygen atoms in total. The molecule has 1 aromatic carbocycles. The second-order valence-electron chi connectivity index (χ2n) is 3.97. The molecule has 0 saturated heterocycles. The molecule has 17 heavy (non-hydrogen) atoms. The van der Waals surface area contributed by atoms with Gasteiger partial charge in [-0.2, -0.15) is 0 Å². The molecule has 0 atom stereocenters. The van der Waals surface area contributed by atoms with E-state index in [0.717, 1.165) is 0 Å². The second kappa shape index (κ2) is 4.86.